The maximum Gasteiger partial charge on any atom is 0.0982 e. The molecule has 1 saturated carbocycles. The van der Waals surface area contributed by atoms with E-state index in [1.54, 1.807) is 0 Å². The molecule has 0 aromatic heterocycles. The topological polar surface area (TPSA) is 49.7 Å². The van der Waals surface area contributed by atoms with Gasteiger partial charge in [0.25, 0.3) is 0 Å². The van der Waals surface area contributed by atoms with Gasteiger partial charge in [-0.1, -0.05) is 129 Å². The van der Waals surface area contributed by atoms with Gasteiger partial charge in [0.05, 0.1) is 23.9 Å². The van der Waals surface area contributed by atoms with E-state index in [0.29, 0.717) is 12.3 Å². The van der Waals surface area contributed by atoms with Crippen molar-refractivity contribution >= 4 is 0 Å². The molecule has 3 nitrogen and oxygen atoms in total. The summed E-state index contributed by atoms with van der Waals surface area (Å²) in [6.07, 6.45) is 31.3. The van der Waals surface area contributed by atoms with Crippen LogP contribution in [0.1, 0.15) is 88.5 Å². The summed E-state index contributed by atoms with van der Waals surface area (Å²) in [6.45, 7) is 21.6. The first-order chi connectivity index (χ1) is 20.0. The van der Waals surface area contributed by atoms with Gasteiger partial charge in [-0.05, 0) is 82.4 Å². The van der Waals surface area contributed by atoms with E-state index in [9.17, 15) is 10.2 Å². The molecule has 1 fully saturated rings. The molecule has 0 radical (unpaired) electrons. The Hall–Kier alpha value is -2.72. The second-order valence-corrected chi connectivity index (χ2v) is 14.5. The molecule has 2 N–H and O–H groups in total. The Morgan fingerprint density at radius 1 is 0.744 bits per heavy atom. The first-order valence-corrected chi connectivity index (χ1v) is 15.9. The normalized spacial score (nSPS) is 32.3. The molecule has 1 heterocycles. The Morgan fingerprint density at radius 2 is 1.30 bits per heavy atom. The maximum atomic E-state index is 10.4. The molecule has 43 heavy (non-hydrogen) atoms. The molecule has 0 bridgehead atoms. The van der Waals surface area contributed by atoms with Crippen molar-refractivity contribution < 1.29 is 14.9 Å². The van der Waals surface area contributed by atoms with Crippen molar-refractivity contribution in [1.82, 2.24) is 0 Å². The quantitative estimate of drug-likeness (QED) is 0.210. The molecule has 3 heteroatoms. The highest BCUT2D eigenvalue weighted by atomic mass is 16.5. The molecular weight excluding hydrogens is 528 g/mol. The van der Waals surface area contributed by atoms with Gasteiger partial charge < -0.3 is 14.9 Å². The van der Waals surface area contributed by atoms with Gasteiger partial charge in [0, 0.05) is 12.3 Å². The van der Waals surface area contributed by atoms with E-state index < -0.39 is 0 Å². The number of ether oxygens (including phenoxy) is 1. The summed E-state index contributed by atoms with van der Waals surface area (Å²) >= 11 is 0. The van der Waals surface area contributed by atoms with Crippen LogP contribution < -0.4 is 0 Å². The number of hydrogen-bond donors (Lipinski definition) is 2. The second kappa shape index (κ2) is 14.4. The molecule has 0 aromatic rings. The van der Waals surface area contributed by atoms with Crippen LogP contribution in [0, 0.1) is 16.7 Å². The molecule has 0 spiro atoms. The predicted octanol–water partition coefficient (Wildman–Crippen LogP) is 9.61. The van der Waals surface area contributed by atoms with Gasteiger partial charge in [-0.2, -0.15) is 0 Å². The Balaban J connectivity index is 1.52. The average Bonchev–Trinajstić information content (AvgIpc) is 3.23. The third-order valence-corrected chi connectivity index (χ3v) is 9.16. The van der Waals surface area contributed by atoms with E-state index in [-0.39, 0.29) is 34.7 Å². The molecule has 5 atom stereocenters. The zero-order chi connectivity index (χ0) is 32.0. The van der Waals surface area contributed by atoms with Gasteiger partial charge in [0.15, 0.2) is 0 Å². The number of rotatable bonds is 9. The minimum Gasteiger partial charge on any atom is -0.393 e. The first kappa shape index (κ1) is 34.8. The molecule has 0 aromatic carbocycles. The highest BCUT2D eigenvalue weighted by Crippen LogP contribution is 2.52. The number of aliphatic hydroxyl groups excluding tert-OH is 2. The fourth-order valence-corrected chi connectivity index (χ4v) is 7.04. The molecule has 3 rings (SSSR count). The summed E-state index contributed by atoms with van der Waals surface area (Å²) in [4.78, 5) is 0. The van der Waals surface area contributed by atoms with Crippen LogP contribution in [0.3, 0.4) is 0 Å². The fraction of sp³-hybridized carbons (Fsp3) is 0.500. The van der Waals surface area contributed by atoms with E-state index in [0.717, 1.165) is 12.8 Å². The highest BCUT2D eigenvalue weighted by Gasteiger charge is 2.50. The van der Waals surface area contributed by atoms with Crippen molar-refractivity contribution in [1.29, 1.82) is 0 Å². The van der Waals surface area contributed by atoms with Crippen LogP contribution in [0.25, 0.3) is 0 Å². The molecule has 1 aliphatic heterocycles. The highest BCUT2D eigenvalue weighted by molar-refractivity contribution is 5.37. The van der Waals surface area contributed by atoms with Crippen LogP contribution in [-0.2, 0) is 4.74 Å². The van der Waals surface area contributed by atoms with Crippen LogP contribution in [0.4, 0.5) is 0 Å². The van der Waals surface area contributed by atoms with Gasteiger partial charge in [-0.15, -0.1) is 0 Å². The Labute approximate surface area is 262 Å². The lowest BCUT2D eigenvalue weighted by molar-refractivity contribution is -0.0683. The standard InChI is InChI=1S/C40H56O3/c1-28(17-13-18-30(3)21-22-35-32(5)23-33(41)25-38(35,6)7)15-11-12-16-29(2)19-14-20-31(4)36-24-37-39(8,9)26-34(42)27-40(37,10)43-36/h11-24,33-36,41-42H,25-27H2,1-10H3/b12-11+,17-13+,19-14-,22-21+,28-15-,29-16-,30-18+,31-20+/t33-,34-,35-,36-,40-/m1/s1. The lowest BCUT2D eigenvalue weighted by Crippen LogP contribution is -2.45. The van der Waals surface area contributed by atoms with Gasteiger partial charge in [-0.3, -0.25) is 0 Å². The predicted molar refractivity (Wildman–Crippen MR) is 184 cm³/mol. The van der Waals surface area contributed by atoms with Crippen molar-refractivity contribution in [2.24, 2.45) is 16.7 Å². The number of hydrogen-bond acceptors (Lipinski definition) is 3. The average molecular weight is 585 g/mol. The van der Waals surface area contributed by atoms with Gasteiger partial charge in [-0.25, -0.2) is 0 Å². The van der Waals surface area contributed by atoms with Gasteiger partial charge in [0.1, 0.15) is 0 Å². The van der Waals surface area contributed by atoms with Crippen LogP contribution in [0.2, 0.25) is 0 Å². The zero-order valence-corrected chi connectivity index (χ0v) is 28.3. The first-order valence-electron chi connectivity index (χ1n) is 15.9. The van der Waals surface area contributed by atoms with E-state index in [4.69, 9.17) is 4.74 Å². The van der Waals surface area contributed by atoms with Crippen molar-refractivity contribution in [3.8, 4) is 0 Å². The summed E-state index contributed by atoms with van der Waals surface area (Å²) < 4.78 is 6.46. The number of allylic oxidation sites excluding steroid dienone is 16. The summed E-state index contributed by atoms with van der Waals surface area (Å²) in [5.41, 5.74) is 6.92. The fourth-order valence-electron chi connectivity index (χ4n) is 7.04. The lowest BCUT2D eigenvalue weighted by atomic mass is 9.65. The monoisotopic (exact) mass is 584 g/mol. The second-order valence-electron chi connectivity index (χ2n) is 14.5. The van der Waals surface area contributed by atoms with Gasteiger partial charge in [0.2, 0.25) is 0 Å². The molecule has 0 amide bonds. The molecule has 234 valence electrons. The Bertz CT molecular complexity index is 1320. The van der Waals surface area contributed by atoms with Crippen LogP contribution in [-0.4, -0.2) is 34.1 Å². The summed E-state index contributed by atoms with van der Waals surface area (Å²) in [5, 5.41) is 20.5. The third-order valence-electron chi connectivity index (χ3n) is 9.16. The van der Waals surface area contributed by atoms with Crippen LogP contribution >= 0.6 is 0 Å². The summed E-state index contributed by atoms with van der Waals surface area (Å²) in [7, 11) is 0. The van der Waals surface area contributed by atoms with Crippen molar-refractivity contribution in [3.63, 3.8) is 0 Å². The SMILES string of the molecule is CC1=C[C@@H](O)CC(C)(C)[C@@H]1/C=C/C(C)=C/C=C/C(C)=C\C=C\C=C(C)/C=C\C=C(/C)[C@H]1C=C2C(C)(C)C[C@@H](O)C[C@@]2(C)O1. The zero-order valence-electron chi connectivity index (χ0n) is 28.3. The third kappa shape index (κ3) is 9.63. The van der Waals surface area contributed by atoms with Crippen molar-refractivity contribution in [2.45, 2.75) is 112 Å². The number of aliphatic hydroxyl groups is 2. The molecule has 0 saturated heterocycles. The summed E-state index contributed by atoms with van der Waals surface area (Å²) in [5.74, 6) is 0.344. The molecule has 2 aliphatic carbocycles. The van der Waals surface area contributed by atoms with E-state index in [1.807, 2.05) is 6.08 Å². The Morgan fingerprint density at radius 3 is 1.91 bits per heavy atom. The van der Waals surface area contributed by atoms with E-state index in [1.165, 1.54) is 33.4 Å². The minimum atomic E-state index is -0.382. The minimum absolute atomic E-state index is 0.0467. The van der Waals surface area contributed by atoms with E-state index in [2.05, 4.69) is 148 Å². The molecule has 0 unspecified atom stereocenters. The summed E-state index contributed by atoms with van der Waals surface area (Å²) in [6, 6.07) is 0. The van der Waals surface area contributed by atoms with E-state index >= 15 is 0 Å². The van der Waals surface area contributed by atoms with Crippen molar-refractivity contribution in [3.05, 3.63) is 119 Å². The molecular formula is C40H56O3. The maximum absolute atomic E-state index is 10.4. The van der Waals surface area contributed by atoms with Crippen LogP contribution in [0.5, 0.6) is 0 Å². The smallest absolute Gasteiger partial charge is 0.0982 e. The van der Waals surface area contributed by atoms with Crippen molar-refractivity contribution in [2.75, 3.05) is 0 Å². The van der Waals surface area contributed by atoms with Crippen LogP contribution in [0.15, 0.2) is 119 Å². The largest absolute Gasteiger partial charge is 0.393 e. The number of fused-ring (bicyclic) bond motifs is 1. The molecule has 3 aliphatic rings. The lowest BCUT2D eigenvalue weighted by Gasteiger charge is -2.44. The van der Waals surface area contributed by atoms with Gasteiger partial charge >= 0.3 is 0 Å². The Kier molecular flexibility index (Phi) is 11.6.